The Morgan fingerprint density at radius 1 is 1.19 bits per heavy atom. The molecule has 4 heteroatoms. The van der Waals surface area contributed by atoms with Crippen LogP contribution in [0, 0.1) is 12.8 Å². The molecule has 1 aromatic heterocycles. The van der Waals surface area contributed by atoms with Crippen LogP contribution < -0.4 is 10.1 Å². The molecular weight excluding hydrogens is 262 g/mol. The first-order valence-electron chi connectivity index (χ1n) is 8.43. The zero-order valence-electron chi connectivity index (χ0n) is 13.9. The van der Waals surface area contributed by atoms with Crippen LogP contribution in [0.3, 0.4) is 0 Å². The number of nitrogens with zero attached hydrogens (tertiary/aromatic N) is 2. The van der Waals surface area contributed by atoms with Gasteiger partial charge in [-0.3, -0.25) is 0 Å². The molecule has 1 saturated carbocycles. The van der Waals surface area contributed by atoms with Gasteiger partial charge in [-0.15, -0.1) is 0 Å². The van der Waals surface area contributed by atoms with Crippen LogP contribution in [0.1, 0.15) is 64.3 Å². The molecule has 2 rings (SSSR count). The van der Waals surface area contributed by atoms with E-state index in [1.54, 1.807) is 0 Å². The van der Waals surface area contributed by atoms with Gasteiger partial charge in [0.25, 0.3) is 0 Å². The van der Waals surface area contributed by atoms with Crippen LogP contribution in [0.15, 0.2) is 0 Å². The highest BCUT2D eigenvalue weighted by Gasteiger charge is 2.24. The molecule has 21 heavy (non-hydrogen) atoms. The van der Waals surface area contributed by atoms with Gasteiger partial charge in [0.2, 0.25) is 5.88 Å². The lowest BCUT2D eigenvalue weighted by atomic mass is 9.88. The van der Waals surface area contributed by atoms with E-state index in [2.05, 4.69) is 43.0 Å². The monoisotopic (exact) mass is 291 g/mol. The third kappa shape index (κ3) is 4.08. The first-order chi connectivity index (χ1) is 10.2. The van der Waals surface area contributed by atoms with Crippen molar-refractivity contribution in [3.63, 3.8) is 0 Å². The lowest BCUT2D eigenvalue weighted by Crippen LogP contribution is -2.29. The molecule has 118 valence electrons. The van der Waals surface area contributed by atoms with Crippen molar-refractivity contribution in [2.45, 2.75) is 72.3 Å². The SMILES string of the molecule is CCCNc1nc(CC)nc(OC2CCCCC2C)c1C. The fourth-order valence-electron chi connectivity index (χ4n) is 2.83. The van der Waals surface area contributed by atoms with Gasteiger partial charge >= 0.3 is 0 Å². The minimum Gasteiger partial charge on any atom is -0.474 e. The maximum Gasteiger partial charge on any atom is 0.222 e. The highest BCUT2D eigenvalue weighted by Crippen LogP contribution is 2.30. The van der Waals surface area contributed by atoms with Gasteiger partial charge < -0.3 is 10.1 Å². The summed E-state index contributed by atoms with van der Waals surface area (Å²) in [7, 11) is 0. The number of aromatic nitrogens is 2. The lowest BCUT2D eigenvalue weighted by molar-refractivity contribution is 0.0964. The first-order valence-corrected chi connectivity index (χ1v) is 8.43. The van der Waals surface area contributed by atoms with Gasteiger partial charge in [-0.2, -0.15) is 4.98 Å². The van der Waals surface area contributed by atoms with Crippen LogP contribution in [-0.2, 0) is 6.42 Å². The van der Waals surface area contributed by atoms with Gasteiger partial charge in [-0.05, 0) is 38.5 Å². The van der Waals surface area contributed by atoms with Gasteiger partial charge in [-0.25, -0.2) is 4.98 Å². The Morgan fingerprint density at radius 2 is 1.95 bits per heavy atom. The average Bonchev–Trinajstić information content (AvgIpc) is 2.50. The number of hydrogen-bond acceptors (Lipinski definition) is 4. The molecule has 4 nitrogen and oxygen atoms in total. The number of nitrogens with one attached hydrogen (secondary N) is 1. The minimum absolute atomic E-state index is 0.302. The number of hydrogen-bond donors (Lipinski definition) is 1. The highest BCUT2D eigenvalue weighted by atomic mass is 16.5. The number of ether oxygens (including phenoxy) is 1. The zero-order valence-corrected chi connectivity index (χ0v) is 13.9. The van der Waals surface area contributed by atoms with E-state index in [0.29, 0.717) is 12.0 Å². The van der Waals surface area contributed by atoms with Crippen molar-refractivity contribution in [3.05, 3.63) is 11.4 Å². The maximum absolute atomic E-state index is 6.27. The molecule has 1 aromatic rings. The summed E-state index contributed by atoms with van der Waals surface area (Å²) in [6, 6.07) is 0. The van der Waals surface area contributed by atoms with E-state index in [9.17, 15) is 0 Å². The molecule has 0 aromatic carbocycles. The van der Waals surface area contributed by atoms with Crippen LogP contribution in [0.25, 0.3) is 0 Å². The van der Waals surface area contributed by atoms with Crippen molar-refractivity contribution in [2.75, 3.05) is 11.9 Å². The number of anilines is 1. The summed E-state index contributed by atoms with van der Waals surface area (Å²) in [6.07, 6.45) is 7.21. The largest absolute Gasteiger partial charge is 0.474 e. The van der Waals surface area contributed by atoms with Gasteiger partial charge in [0.1, 0.15) is 17.7 Å². The molecule has 0 aliphatic heterocycles. The summed E-state index contributed by atoms with van der Waals surface area (Å²) in [5.41, 5.74) is 1.04. The topological polar surface area (TPSA) is 47.0 Å². The van der Waals surface area contributed by atoms with Crippen molar-refractivity contribution in [1.82, 2.24) is 9.97 Å². The van der Waals surface area contributed by atoms with Crippen molar-refractivity contribution in [1.29, 1.82) is 0 Å². The normalized spacial score (nSPS) is 22.1. The Kier molecular flexibility index (Phi) is 5.83. The van der Waals surface area contributed by atoms with Crippen molar-refractivity contribution < 1.29 is 4.74 Å². The quantitative estimate of drug-likeness (QED) is 0.856. The second-order valence-corrected chi connectivity index (χ2v) is 6.12. The van der Waals surface area contributed by atoms with Crippen LogP contribution in [0.5, 0.6) is 5.88 Å². The summed E-state index contributed by atoms with van der Waals surface area (Å²) in [5.74, 6) is 3.18. The van der Waals surface area contributed by atoms with Gasteiger partial charge in [-0.1, -0.05) is 27.2 Å². The molecule has 1 fully saturated rings. The summed E-state index contributed by atoms with van der Waals surface area (Å²) >= 11 is 0. The average molecular weight is 291 g/mol. The van der Waals surface area contributed by atoms with E-state index in [0.717, 1.165) is 48.9 Å². The van der Waals surface area contributed by atoms with E-state index < -0.39 is 0 Å². The lowest BCUT2D eigenvalue weighted by Gasteiger charge is -2.29. The highest BCUT2D eigenvalue weighted by molar-refractivity contribution is 5.48. The first kappa shape index (κ1) is 16.1. The van der Waals surface area contributed by atoms with Gasteiger partial charge in [0, 0.05) is 13.0 Å². The predicted octanol–water partition coefficient (Wildman–Crippen LogP) is 4.13. The minimum atomic E-state index is 0.302. The van der Waals surface area contributed by atoms with E-state index in [1.807, 2.05) is 0 Å². The molecule has 0 bridgehead atoms. The Morgan fingerprint density at radius 3 is 2.62 bits per heavy atom. The maximum atomic E-state index is 6.27. The third-order valence-corrected chi connectivity index (χ3v) is 4.30. The van der Waals surface area contributed by atoms with Gasteiger partial charge in [0.05, 0.1) is 5.56 Å². The fraction of sp³-hybridized carbons (Fsp3) is 0.765. The van der Waals surface area contributed by atoms with Crippen LogP contribution in [0.2, 0.25) is 0 Å². The summed E-state index contributed by atoms with van der Waals surface area (Å²) in [6.45, 7) is 9.52. The van der Waals surface area contributed by atoms with Crippen LogP contribution in [-0.4, -0.2) is 22.6 Å². The Balaban J connectivity index is 2.20. The van der Waals surface area contributed by atoms with Crippen LogP contribution in [0.4, 0.5) is 5.82 Å². The zero-order chi connectivity index (χ0) is 15.2. The molecule has 2 unspecified atom stereocenters. The Labute approximate surface area is 128 Å². The summed E-state index contributed by atoms with van der Waals surface area (Å²) in [4.78, 5) is 9.21. The molecular formula is C17H29N3O. The molecule has 0 radical (unpaired) electrons. The second-order valence-electron chi connectivity index (χ2n) is 6.12. The molecule has 0 spiro atoms. The smallest absolute Gasteiger partial charge is 0.222 e. The van der Waals surface area contributed by atoms with E-state index in [4.69, 9.17) is 4.74 Å². The summed E-state index contributed by atoms with van der Waals surface area (Å²) in [5, 5.41) is 3.40. The molecule has 1 N–H and O–H groups in total. The number of rotatable bonds is 6. The van der Waals surface area contributed by atoms with E-state index in [1.165, 1.54) is 19.3 Å². The second kappa shape index (κ2) is 7.62. The number of aryl methyl sites for hydroxylation is 1. The molecule has 1 heterocycles. The molecule has 1 aliphatic rings. The molecule has 0 saturated heterocycles. The van der Waals surface area contributed by atoms with Crippen molar-refractivity contribution in [2.24, 2.45) is 5.92 Å². The molecule has 2 atom stereocenters. The third-order valence-electron chi connectivity index (χ3n) is 4.30. The van der Waals surface area contributed by atoms with E-state index >= 15 is 0 Å². The van der Waals surface area contributed by atoms with Crippen molar-refractivity contribution in [3.8, 4) is 5.88 Å². The van der Waals surface area contributed by atoms with E-state index in [-0.39, 0.29) is 0 Å². The molecule has 0 amide bonds. The van der Waals surface area contributed by atoms with Gasteiger partial charge in [0.15, 0.2) is 0 Å². The Hall–Kier alpha value is -1.32. The fourth-order valence-corrected chi connectivity index (χ4v) is 2.83. The molecule has 1 aliphatic carbocycles. The van der Waals surface area contributed by atoms with Crippen molar-refractivity contribution >= 4 is 5.82 Å². The summed E-state index contributed by atoms with van der Waals surface area (Å²) < 4.78 is 6.27. The standard InChI is InChI=1S/C17H29N3O/c1-5-11-18-16-13(4)17(20-15(6-2)19-16)21-14-10-8-7-9-12(14)3/h12,14H,5-11H2,1-4H3,(H,18,19,20). The Bertz CT molecular complexity index is 462. The van der Waals surface area contributed by atoms with Crippen LogP contribution >= 0.6 is 0 Å². The predicted molar refractivity (Wildman–Crippen MR) is 87.0 cm³/mol.